The molecular formula is C19H40O6SSi2. The highest BCUT2D eigenvalue weighted by Gasteiger charge is 2.49. The third-order valence-corrected chi connectivity index (χ3v) is 16.0. The number of rotatable bonds is 6. The Morgan fingerprint density at radius 2 is 1.14 bits per heavy atom. The van der Waals surface area contributed by atoms with E-state index in [1.54, 1.807) is 0 Å². The van der Waals surface area contributed by atoms with E-state index in [1.807, 2.05) is 0 Å². The van der Waals surface area contributed by atoms with Gasteiger partial charge in [-0.05, 0) is 36.3 Å². The van der Waals surface area contributed by atoms with Crippen LogP contribution < -0.4 is 0 Å². The lowest BCUT2D eigenvalue weighted by molar-refractivity contribution is -0.133. The van der Waals surface area contributed by atoms with Crippen LogP contribution in [0.15, 0.2) is 0 Å². The minimum Gasteiger partial charge on any atom is -0.411 e. The van der Waals surface area contributed by atoms with Gasteiger partial charge >= 0.3 is 0 Å². The van der Waals surface area contributed by atoms with Crippen molar-refractivity contribution < 1.29 is 26.2 Å². The van der Waals surface area contributed by atoms with E-state index in [2.05, 4.69) is 67.7 Å². The number of hydrogen-bond acceptors (Lipinski definition) is 6. The molecule has 1 aliphatic rings. The van der Waals surface area contributed by atoms with Crippen LogP contribution in [0, 0.1) is 0 Å². The van der Waals surface area contributed by atoms with Crippen LogP contribution in [-0.2, 0) is 27.9 Å². The van der Waals surface area contributed by atoms with E-state index in [1.165, 1.54) is 0 Å². The number of carbonyl (C=O) groups excluding carboxylic acids is 1. The maximum absolute atomic E-state index is 12.5. The molecule has 0 aromatic rings. The molecule has 0 unspecified atom stereocenters. The standard InChI is InChI=1S/C19H40O6SSi2/c1-18(2,3)27(8,9)24-15-12-14(20)13-16(17(15)23-26(7,21)22)25-28(10,11)19(4,5)6/h15-17H,12-13H2,1-11H3/t15-,16-/m1/s1. The Hall–Kier alpha value is -0.0662. The normalized spacial score (nSPS) is 23.9. The largest absolute Gasteiger partial charge is 0.411 e. The van der Waals surface area contributed by atoms with Gasteiger partial charge in [-0.3, -0.25) is 8.98 Å². The summed E-state index contributed by atoms with van der Waals surface area (Å²) < 4.78 is 42.4. The van der Waals surface area contributed by atoms with Crippen LogP contribution in [-0.4, -0.2) is 55.4 Å². The summed E-state index contributed by atoms with van der Waals surface area (Å²) in [5.74, 6) is 0.0285. The van der Waals surface area contributed by atoms with Gasteiger partial charge in [-0.15, -0.1) is 0 Å². The van der Waals surface area contributed by atoms with Crippen molar-refractivity contribution >= 4 is 32.5 Å². The summed E-state index contributed by atoms with van der Waals surface area (Å²) in [5, 5.41) is -0.141. The Balaban J connectivity index is 3.29. The highest BCUT2D eigenvalue weighted by Crippen LogP contribution is 2.42. The molecule has 0 spiro atoms. The molecule has 6 nitrogen and oxygen atoms in total. The minimum absolute atomic E-state index is 0.0285. The lowest BCUT2D eigenvalue weighted by Gasteiger charge is -2.47. The van der Waals surface area contributed by atoms with Crippen LogP contribution in [0.1, 0.15) is 54.4 Å². The Labute approximate surface area is 174 Å². The zero-order valence-electron chi connectivity index (χ0n) is 19.5. The maximum atomic E-state index is 12.5. The number of carbonyl (C=O) groups is 1. The van der Waals surface area contributed by atoms with Gasteiger partial charge in [0.05, 0.1) is 18.5 Å². The zero-order valence-corrected chi connectivity index (χ0v) is 22.3. The predicted octanol–water partition coefficient (Wildman–Crippen LogP) is 4.47. The summed E-state index contributed by atoms with van der Waals surface area (Å²) in [6.07, 6.45) is -0.696. The van der Waals surface area contributed by atoms with E-state index in [-0.39, 0.29) is 28.7 Å². The van der Waals surface area contributed by atoms with E-state index >= 15 is 0 Å². The smallest absolute Gasteiger partial charge is 0.264 e. The molecule has 0 saturated heterocycles. The van der Waals surface area contributed by atoms with E-state index in [0.29, 0.717) is 0 Å². The molecule has 9 heteroatoms. The molecule has 0 radical (unpaired) electrons. The SMILES string of the molecule is CC(C)(C)[Si](C)(C)O[C@@H]1CC(=O)C[C@@H](O[Si](C)(C)C(C)(C)C)C1OS(C)(=O)=O. The van der Waals surface area contributed by atoms with Crippen molar-refractivity contribution in [3.8, 4) is 0 Å². The topological polar surface area (TPSA) is 78.9 Å². The molecule has 28 heavy (non-hydrogen) atoms. The first-order valence-corrected chi connectivity index (χ1v) is 17.6. The van der Waals surface area contributed by atoms with Crippen LogP contribution in [0.5, 0.6) is 0 Å². The lowest BCUT2D eigenvalue weighted by atomic mass is 9.91. The second-order valence-electron chi connectivity index (χ2n) is 11.0. The molecular weight excluding hydrogens is 412 g/mol. The molecule has 1 saturated carbocycles. The zero-order chi connectivity index (χ0) is 22.3. The van der Waals surface area contributed by atoms with Crippen molar-refractivity contribution in [2.24, 2.45) is 0 Å². The average molecular weight is 453 g/mol. The molecule has 0 amide bonds. The fourth-order valence-electron chi connectivity index (χ4n) is 2.66. The van der Waals surface area contributed by atoms with E-state index in [4.69, 9.17) is 13.0 Å². The fraction of sp³-hybridized carbons (Fsp3) is 0.947. The van der Waals surface area contributed by atoms with Gasteiger partial charge in [0.1, 0.15) is 11.9 Å². The second kappa shape index (κ2) is 8.22. The van der Waals surface area contributed by atoms with E-state index < -0.39 is 45.1 Å². The van der Waals surface area contributed by atoms with Gasteiger partial charge in [-0.25, -0.2) is 0 Å². The van der Waals surface area contributed by atoms with Gasteiger partial charge in [-0.2, -0.15) is 8.42 Å². The number of Topliss-reactive ketones (excluding diaryl/α,β-unsaturated/α-hetero) is 1. The lowest BCUT2D eigenvalue weighted by Crippen LogP contribution is -2.58. The summed E-state index contributed by atoms with van der Waals surface area (Å²) in [7, 11) is -8.20. The third kappa shape index (κ3) is 6.73. The second-order valence-corrected chi connectivity index (χ2v) is 22.2. The Kier molecular flexibility index (Phi) is 7.63. The van der Waals surface area contributed by atoms with Crippen molar-refractivity contribution in [1.29, 1.82) is 0 Å². The first-order chi connectivity index (χ1) is 12.2. The number of hydrogen-bond donors (Lipinski definition) is 0. The first-order valence-electron chi connectivity index (χ1n) is 9.92. The Morgan fingerprint density at radius 1 is 0.821 bits per heavy atom. The molecule has 2 atom stereocenters. The summed E-state index contributed by atoms with van der Waals surface area (Å²) in [6.45, 7) is 21.0. The Bertz CT molecular complexity index is 634. The monoisotopic (exact) mass is 452 g/mol. The van der Waals surface area contributed by atoms with Crippen molar-refractivity contribution in [3.63, 3.8) is 0 Å². The van der Waals surface area contributed by atoms with Gasteiger partial charge in [0.2, 0.25) is 0 Å². The molecule has 0 N–H and O–H groups in total. The predicted molar refractivity (Wildman–Crippen MR) is 118 cm³/mol. The van der Waals surface area contributed by atoms with Gasteiger partial charge in [0.15, 0.2) is 16.6 Å². The number of ketones is 1. The summed E-state index contributed by atoms with van der Waals surface area (Å²) in [6, 6.07) is 0. The molecule has 0 aliphatic heterocycles. The molecule has 1 aliphatic carbocycles. The van der Waals surface area contributed by atoms with Crippen molar-refractivity contribution in [2.45, 2.75) is 109 Å². The molecule has 166 valence electrons. The molecule has 1 rings (SSSR count). The van der Waals surface area contributed by atoms with Gasteiger partial charge in [0.25, 0.3) is 10.1 Å². The van der Waals surface area contributed by atoms with Crippen LogP contribution in [0.4, 0.5) is 0 Å². The average Bonchev–Trinajstić information content (AvgIpc) is 2.38. The highest BCUT2D eigenvalue weighted by molar-refractivity contribution is 7.86. The van der Waals surface area contributed by atoms with E-state index in [9.17, 15) is 13.2 Å². The van der Waals surface area contributed by atoms with E-state index in [0.717, 1.165) is 6.26 Å². The van der Waals surface area contributed by atoms with Crippen LogP contribution in [0.3, 0.4) is 0 Å². The van der Waals surface area contributed by atoms with Crippen molar-refractivity contribution in [1.82, 2.24) is 0 Å². The summed E-state index contributed by atoms with van der Waals surface area (Å²) in [5.41, 5.74) is 0. The molecule has 1 fully saturated rings. The van der Waals surface area contributed by atoms with Crippen molar-refractivity contribution in [3.05, 3.63) is 0 Å². The Morgan fingerprint density at radius 3 is 1.39 bits per heavy atom. The molecule has 0 bridgehead atoms. The van der Waals surface area contributed by atoms with Gasteiger partial charge in [0, 0.05) is 12.8 Å². The van der Waals surface area contributed by atoms with Crippen LogP contribution in [0.2, 0.25) is 36.3 Å². The van der Waals surface area contributed by atoms with Crippen LogP contribution in [0.25, 0.3) is 0 Å². The quantitative estimate of drug-likeness (QED) is 0.437. The molecule has 0 aromatic heterocycles. The molecule has 0 aromatic carbocycles. The van der Waals surface area contributed by atoms with Crippen LogP contribution >= 0.6 is 0 Å². The van der Waals surface area contributed by atoms with Gasteiger partial charge in [-0.1, -0.05) is 41.5 Å². The third-order valence-electron chi connectivity index (χ3n) is 6.38. The molecule has 0 heterocycles. The van der Waals surface area contributed by atoms with Crippen molar-refractivity contribution in [2.75, 3.05) is 6.26 Å². The minimum atomic E-state index is -3.73. The first kappa shape index (κ1) is 26.0. The maximum Gasteiger partial charge on any atom is 0.264 e. The van der Waals surface area contributed by atoms with Gasteiger partial charge < -0.3 is 8.85 Å². The fourth-order valence-corrected chi connectivity index (χ4v) is 5.96. The summed E-state index contributed by atoms with van der Waals surface area (Å²) >= 11 is 0. The summed E-state index contributed by atoms with van der Waals surface area (Å²) in [4.78, 5) is 12.5. The highest BCUT2D eigenvalue weighted by atomic mass is 32.2.